The molecule has 3 aromatic carbocycles. The van der Waals surface area contributed by atoms with E-state index in [-0.39, 0.29) is 23.9 Å². The van der Waals surface area contributed by atoms with E-state index in [1.807, 2.05) is 55.5 Å². The van der Waals surface area contributed by atoms with Gasteiger partial charge in [-0.15, -0.1) is 0 Å². The smallest absolute Gasteiger partial charge is 0.265 e. The van der Waals surface area contributed by atoms with Crippen LogP contribution in [0.4, 0.5) is 5.69 Å². The van der Waals surface area contributed by atoms with Crippen molar-refractivity contribution in [3.63, 3.8) is 0 Å². The number of fused-ring (bicyclic) bond motifs is 3. The summed E-state index contributed by atoms with van der Waals surface area (Å²) in [4.78, 5) is 12.9. The number of carbonyl (C=O) groups is 1. The molecule has 0 aliphatic carbocycles. The highest BCUT2D eigenvalue weighted by atomic mass is 32.2. The van der Waals surface area contributed by atoms with Gasteiger partial charge in [0.2, 0.25) is 5.91 Å². The van der Waals surface area contributed by atoms with Gasteiger partial charge in [0.25, 0.3) is 10.0 Å². The van der Waals surface area contributed by atoms with Gasteiger partial charge in [-0.2, -0.15) is 0 Å². The zero-order valence-corrected chi connectivity index (χ0v) is 19.9. The Bertz CT molecular complexity index is 1280. The van der Waals surface area contributed by atoms with E-state index in [4.69, 9.17) is 4.74 Å². The quantitative estimate of drug-likeness (QED) is 0.523. The lowest BCUT2D eigenvalue weighted by atomic mass is 9.95. The highest BCUT2D eigenvalue weighted by Gasteiger charge is 2.36. The molecule has 1 amide bonds. The standard InChI is InChI=1S/C26H28N2O4S/c1-18(2)20-11-12-24-23(16-20)22-9-4-5-10-25(22)33(30,31)28(24)17-26(29)27-13-14-32-21-8-6-7-19(3)15-21/h4-12,15-16,18H,13-14,17H2,1-3H3,(H,27,29). The molecular weight excluding hydrogens is 436 g/mol. The maximum Gasteiger partial charge on any atom is 0.265 e. The van der Waals surface area contributed by atoms with Crippen LogP contribution in [-0.4, -0.2) is 34.0 Å². The molecule has 1 aliphatic rings. The summed E-state index contributed by atoms with van der Waals surface area (Å²) in [7, 11) is -3.86. The van der Waals surface area contributed by atoms with Crippen LogP contribution in [-0.2, 0) is 14.8 Å². The van der Waals surface area contributed by atoms with Gasteiger partial charge in [0.15, 0.2) is 0 Å². The van der Waals surface area contributed by atoms with Gasteiger partial charge in [-0.25, -0.2) is 8.42 Å². The van der Waals surface area contributed by atoms with Crippen LogP contribution in [0.1, 0.15) is 30.9 Å². The molecule has 0 saturated carbocycles. The molecule has 1 aliphatic heterocycles. The second kappa shape index (κ2) is 9.27. The van der Waals surface area contributed by atoms with Crippen LogP contribution in [0.5, 0.6) is 5.75 Å². The molecular formula is C26H28N2O4S. The van der Waals surface area contributed by atoms with Crippen LogP contribution >= 0.6 is 0 Å². The number of hydrogen-bond donors (Lipinski definition) is 1. The number of anilines is 1. The number of ether oxygens (including phenoxy) is 1. The highest BCUT2D eigenvalue weighted by Crippen LogP contribution is 2.43. The van der Waals surface area contributed by atoms with Crippen molar-refractivity contribution in [2.75, 3.05) is 24.0 Å². The third kappa shape index (κ3) is 4.73. The Kier molecular flexibility index (Phi) is 6.42. The van der Waals surface area contributed by atoms with Gasteiger partial charge in [0.1, 0.15) is 18.9 Å². The molecule has 0 aromatic heterocycles. The van der Waals surface area contributed by atoms with Gasteiger partial charge >= 0.3 is 0 Å². The molecule has 0 saturated heterocycles. The molecule has 172 valence electrons. The molecule has 6 nitrogen and oxygen atoms in total. The Hall–Kier alpha value is -3.32. The highest BCUT2D eigenvalue weighted by molar-refractivity contribution is 7.93. The summed E-state index contributed by atoms with van der Waals surface area (Å²) in [5.41, 5.74) is 4.21. The summed E-state index contributed by atoms with van der Waals surface area (Å²) in [6.45, 7) is 6.44. The SMILES string of the molecule is Cc1cccc(OCCNC(=O)CN2c3ccc(C(C)C)cc3-c3ccccc3S2(=O)=O)c1. The predicted molar refractivity (Wildman–Crippen MR) is 130 cm³/mol. The van der Waals surface area contributed by atoms with Crippen LogP contribution in [0.3, 0.4) is 0 Å². The lowest BCUT2D eigenvalue weighted by Gasteiger charge is -2.32. The number of nitrogens with zero attached hydrogens (tertiary/aromatic N) is 1. The van der Waals surface area contributed by atoms with E-state index in [2.05, 4.69) is 19.2 Å². The Morgan fingerprint density at radius 2 is 1.79 bits per heavy atom. The molecule has 3 aromatic rings. The Morgan fingerprint density at radius 1 is 1.00 bits per heavy atom. The van der Waals surface area contributed by atoms with E-state index in [1.165, 1.54) is 4.31 Å². The number of sulfonamides is 1. The molecule has 0 unspecified atom stereocenters. The van der Waals surface area contributed by atoms with E-state index >= 15 is 0 Å². The minimum atomic E-state index is -3.86. The number of aryl methyl sites for hydroxylation is 1. The summed E-state index contributed by atoms with van der Waals surface area (Å²) in [6, 6.07) is 20.3. The summed E-state index contributed by atoms with van der Waals surface area (Å²) < 4.78 is 33.6. The molecule has 0 atom stereocenters. The first-order valence-corrected chi connectivity index (χ1v) is 12.4. The maximum atomic E-state index is 13.4. The summed E-state index contributed by atoms with van der Waals surface area (Å²) in [5, 5.41) is 2.77. The van der Waals surface area contributed by atoms with E-state index < -0.39 is 10.0 Å². The number of benzene rings is 3. The third-order valence-corrected chi connectivity index (χ3v) is 7.49. The van der Waals surface area contributed by atoms with Crippen LogP contribution < -0.4 is 14.4 Å². The average Bonchev–Trinajstić information content (AvgIpc) is 2.79. The minimum Gasteiger partial charge on any atom is -0.492 e. The Labute approximate surface area is 195 Å². The zero-order valence-electron chi connectivity index (χ0n) is 19.0. The molecule has 33 heavy (non-hydrogen) atoms. The van der Waals surface area contributed by atoms with Crippen molar-refractivity contribution in [1.82, 2.24) is 5.32 Å². The lowest BCUT2D eigenvalue weighted by Crippen LogP contribution is -2.43. The number of hydrogen-bond acceptors (Lipinski definition) is 4. The summed E-state index contributed by atoms with van der Waals surface area (Å²) >= 11 is 0. The fourth-order valence-electron chi connectivity index (χ4n) is 3.93. The van der Waals surface area contributed by atoms with Crippen LogP contribution in [0.2, 0.25) is 0 Å². The number of rotatable bonds is 7. The zero-order chi connectivity index (χ0) is 23.6. The van der Waals surface area contributed by atoms with E-state index in [0.29, 0.717) is 23.8 Å². The average molecular weight is 465 g/mol. The van der Waals surface area contributed by atoms with Crippen molar-refractivity contribution in [2.45, 2.75) is 31.6 Å². The van der Waals surface area contributed by atoms with Gasteiger partial charge in [-0.1, -0.05) is 50.2 Å². The molecule has 0 radical (unpaired) electrons. The summed E-state index contributed by atoms with van der Waals surface area (Å²) in [6.07, 6.45) is 0. The molecule has 0 fully saturated rings. The lowest BCUT2D eigenvalue weighted by molar-refractivity contribution is -0.119. The van der Waals surface area contributed by atoms with Gasteiger partial charge in [-0.3, -0.25) is 9.10 Å². The van der Waals surface area contributed by atoms with Crippen molar-refractivity contribution in [3.05, 3.63) is 77.9 Å². The van der Waals surface area contributed by atoms with Crippen molar-refractivity contribution in [1.29, 1.82) is 0 Å². The van der Waals surface area contributed by atoms with Crippen molar-refractivity contribution >= 4 is 21.6 Å². The maximum absolute atomic E-state index is 13.4. The fraction of sp³-hybridized carbons (Fsp3) is 0.269. The number of carbonyl (C=O) groups excluding carboxylic acids is 1. The predicted octanol–water partition coefficient (Wildman–Crippen LogP) is 4.49. The Morgan fingerprint density at radius 3 is 2.55 bits per heavy atom. The topological polar surface area (TPSA) is 75.7 Å². The molecule has 0 bridgehead atoms. The molecule has 1 N–H and O–H groups in total. The largest absolute Gasteiger partial charge is 0.492 e. The van der Waals surface area contributed by atoms with Crippen LogP contribution in [0.25, 0.3) is 11.1 Å². The number of nitrogens with one attached hydrogen (secondary N) is 1. The van der Waals surface area contributed by atoms with Crippen LogP contribution in [0.15, 0.2) is 71.6 Å². The monoisotopic (exact) mass is 464 g/mol. The fourth-order valence-corrected chi connectivity index (χ4v) is 5.58. The first-order chi connectivity index (χ1) is 15.8. The minimum absolute atomic E-state index is 0.217. The summed E-state index contributed by atoms with van der Waals surface area (Å²) in [5.74, 6) is 0.644. The van der Waals surface area contributed by atoms with Gasteiger partial charge < -0.3 is 10.1 Å². The first kappa shape index (κ1) is 22.9. The van der Waals surface area contributed by atoms with Gasteiger partial charge in [0, 0.05) is 11.1 Å². The molecule has 1 heterocycles. The molecule has 0 spiro atoms. The number of amides is 1. The van der Waals surface area contributed by atoms with Crippen molar-refractivity contribution < 1.29 is 17.9 Å². The van der Waals surface area contributed by atoms with Crippen molar-refractivity contribution in [2.24, 2.45) is 0 Å². The third-order valence-electron chi connectivity index (χ3n) is 5.67. The first-order valence-electron chi connectivity index (χ1n) is 11.0. The second-order valence-electron chi connectivity index (χ2n) is 8.45. The van der Waals surface area contributed by atoms with E-state index in [1.54, 1.807) is 18.2 Å². The van der Waals surface area contributed by atoms with E-state index in [9.17, 15) is 13.2 Å². The van der Waals surface area contributed by atoms with Crippen LogP contribution in [0, 0.1) is 6.92 Å². The van der Waals surface area contributed by atoms with E-state index in [0.717, 1.165) is 22.4 Å². The Balaban J connectivity index is 1.52. The van der Waals surface area contributed by atoms with Crippen molar-refractivity contribution in [3.8, 4) is 16.9 Å². The van der Waals surface area contributed by atoms with Gasteiger partial charge in [0.05, 0.1) is 17.1 Å². The molecule has 7 heteroatoms. The second-order valence-corrected chi connectivity index (χ2v) is 10.3. The van der Waals surface area contributed by atoms with Gasteiger partial charge in [-0.05, 0) is 54.3 Å². The molecule has 4 rings (SSSR count). The normalized spacial score (nSPS) is 13.9.